The van der Waals surface area contributed by atoms with Crippen LogP contribution in [-0.2, 0) is 20.7 Å². The van der Waals surface area contributed by atoms with Crippen molar-refractivity contribution in [2.75, 3.05) is 7.11 Å². The molecule has 86 valence electrons. The largest absolute Gasteiger partial charge is 0.480 e. The van der Waals surface area contributed by atoms with Gasteiger partial charge in [0.1, 0.15) is 6.04 Å². The van der Waals surface area contributed by atoms with Crippen molar-refractivity contribution in [3.8, 4) is 0 Å². The molecule has 1 atom stereocenters. The fourth-order valence-electron chi connectivity index (χ4n) is 1.22. The van der Waals surface area contributed by atoms with Gasteiger partial charge < -0.3 is 15.6 Å². The van der Waals surface area contributed by atoms with Crippen LogP contribution in [0.3, 0.4) is 0 Å². The lowest BCUT2D eigenvalue weighted by molar-refractivity contribution is -0.140. The number of rotatable bonds is 4. The lowest BCUT2D eigenvalue weighted by Crippen LogP contribution is -2.20. The zero-order chi connectivity index (χ0) is 12.1. The molecule has 0 bridgehead atoms. The molecule has 5 nitrogen and oxygen atoms in total. The number of carboxylic acid groups (broad SMARTS) is 1. The van der Waals surface area contributed by atoms with Crippen LogP contribution < -0.4 is 5.73 Å². The third-order valence-electron chi connectivity index (χ3n) is 2.18. The van der Waals surface area contributed by atoms with Crippen LogP contribution in [0.1, 0.15) is 17.2 Å². The van der Waals surface area contributed by atoms with Gasteiger partial charge in [0.25, 0.3) is 0 Å². The summed E-state index contributed by atoms with van der Waals surface area (Å²) < 4.78 is 4.51. The Kier molecular flexibility index (Phi) is 4.02. The highest BCUT2D eigenvalue weighted by molar-refractivity contribution is 5.75. The van der Waals surface area contributed by atoms with Gasteiger partial charge in [0.2, 0.25) is 0 Å². The molecule has 0 unspecified atom stereocenters. The molecule has 1 aromatic rings. The van der Waals surface area contributed by atoms with Crippen LogP contribution in [0.15, 0.2) is 24.3 Å². The van der Waals surface area contributed by atoms with Crippen LogP contribution in [0.25, 0.3) is 0 Å². The van der Waals surface area contributed by atoms with E-state index in [9.17, 15) is 9.59 Å². The Hall–Kier alpha value is -1.88. The van der Waals surface area contributed by atoms with Gasteiger partial charge in [0, 0.05) is 0 Å². The van der Waals surface area contributed by atoms with E-state index in [-0.39, 0.29) is 12.4 Å². The molecular weight excluding hydrogens is 210 g/mol. The number of ether oxygens (including phenoxy) is 1. The molecule has 0 heterocycles. The van der Waals surface area contributed by atoms with E-state index in [1.165, 1.54) is 7.11 Å². The highest BCUT2D eigenvalue weighted by Gasteiger charge is 2.13. The predicted octanol–water partition coefficient (Wildman–Crippen LogP) is 0.486. The topological polar surface area (TPSA) is 89.6 Å². The monoisotopic (exact) mass is 223 g/mol. The molecule has 0 aliphatic carbocycles. The summed E-state index contributed by atoms with van der Waals surface area (Å²) >= 11 is 0. The van der Waals surface area contributed by atoms with Crippen LogP contribution in [0.4, 0.5) is 0 Å². The second-order valence-electron chi connectivity index (χ2n) is 3.31. The van der Waals surface area contributed by atoms with E-state index in [1.54, 1.807) is 24.3 Å². The smallest absolute Gasteiger partial charge is 0.325 e. The minimum atomic E-state index is -1.08. The number of methoxy groups -OCH3 is 1. The van der Waals surface area contributed by atoms with Gasteiger partial charge in [-0.2, -0.15) is 0 Å². The van der Waals surface area contributed by atoms with Gasteiger partial charge >= 0.3 is 11.9 Å². The van der Waals surface area contributed by atoms with Crippen molar-refractivity contribution in [1.29, 1.82) is 0 Å². The normalized spacial score (nSPS) is 11.9. The number of aliphatic carboxylic acids is 1. The number of hydrogen-bond acceptors (Lipinski definition) is 4. The fraction of sp³-hybridized carbons (Fsp3) is 0.273. The van der Waals surface area contributed by atoms with Gasteiger partial charge in [-0.1, -0.05) is 24.3 Å². The van der Waals surface area contributed by atoms with Gasteiger partial charge in [-0.15, -0.1) is 0 Å². The molecule has 1 aromatic carbocycles. The number of carbonyl (C=O) groups excluding carboxylic acids is 1. The number of nitrogens with two attached hydrogens (primary N) is 1. The van der Waals surface area contributed by atoms with Crippen LogP contribution in [0.5, 0.6) is 0 Å². The highest BCUT2D eigenvalue weighted by atomic mass is 16.5. The number of benzene rings is 1. The Morgan fingerprint density at radius 2 is 1.94 bits per heavy atom. The zero-order valence-electron chi connectivity index (χ0n) is 8.84. The summed E-state index contributed by atoms with van der Waals surface area (Å²) in [6, 6.07) is 5.48. The minimum Gasteiger partial charge on any atom is -0.480 e. The van der Waals surface area contributed by atoms with Gasteiger partial charge in [0.15, 0.2) is 0 Å². The predicted molar refractivity (Wildman–Crippen MR) is 56.7 cm³/mol. The highest BCUT2D eigenvalue weighted by Crippen LogP contribution is 2.12. The first-order valence-corrected chi connectivity index (χ1v) is 4.68. The second kappa shape index (κ2) is 5.27. The maximum atomic E-state index is 11.0. The summed E-state index contributed by atoms with van der Waals surface area (Å²) in [5, 5.41) is 8.69. The standard InChI is InChI=1S/C11H13NO4/c1-16-9(13)6-7-2-4-8(5-3-7)10(12)11(14)15/h2-5,10H,6,12H2,1H3,(H,14,15)/t10-/m0/s1. The third kappa shape index (κ3) is 3.06. The first-order chi connectivity index (χ1) is 7.54. The first-order valence-electron chi connectivity index (χ1n) is 4.68. The van der Waals surface area contributed by atoms with E-state index in [2.05, 4.69) is 4.74 Å². The maximum absolute atomic E-state index is 11.0. The average molecular weight is 223 g/mol. The second-order valence-corrected chi connectivity index (χ2v) is 3.31. The molecule has 0 fully saturated rings. The van der Waals surface area contributed by atoms with Crippen molar-refractivity contribution in [3.63, 3.8) is 0 Å². The molecule has 0 radical (unpaired) electrons. The molecule has 0 saturated heterocycles. The number of carboxylic acids is 1. The first kappa shape index (κ1) is 12.2. The lowest BCUT2D eigenvalue weighted by atomic mass is 10.0. The molecule has 0 amide bonds. The molecule has 16 heavy (non-hydrogen) atoms. The Balaban J connectivity index is 2.75. The summed E-state index contributed by atoms with van der Waals surface area (Å²) in [5.74, 6) is -1.42. The van der Waals surface area contributed by atoms with Gasteiger partial charge in [-0.25, -0.2) is 0 Å². The van der Waals surface area contributed by atoms with Crippen molar-refractivity contribution >= 4 is 11.9 Å². The Morgan fingerprint density at radius 3 is 2.38 bits per heavy atom. The molecule has 0 aliphatic rings. The molecule has 0 aromatic heterocycles. The molecule has 5 heteroatoms. The van der Waals surface area contributed by atoms with Crippen molar-refractivity contribution in [2.45, 2.75) is 12.5 Å². The summed E-state index contributed by atoms with van der Waals surface area (Å²) in [7, 11) is 1.32. The van der Waals surface area contributed by atoms with Crippen molar-refractivity contribution in [1.82, 2.24) is 0 Å². The Labute approximate surface area is 92.8 Å². The minimum absolute atomic E-state index is 0.166. The quantitative estimate of drug-likeness (QED) is 0.725. The van der Waals surface area contributed by atoms with Crippen LogP contribution >= 0.6 is 0 Å². The SMILES string of the molecule is COC(=O)Cc1ccc([C@H](N)C(=O)O)cc1. The Bertz CT molecular complexity index is 385. The summed E-state index contributed by atoms with van der Waals surface area (Å²) in [4.78, 5) is 21.6. The number of hydrogen-bond donors (Lipinski definition) is 2. The summed E-state index contributed by atoms with van der Waals surface area (Å²) in [6.45, 7) is 0. The van der Waals surface area contributed by atoms with E-state index in [4.69, 9.17) is 10.8 Å². The van der Waals surface area contributed by atoms with Gasteiger partial charge in [-0.05, 0) is 11.1 Å². The molecular formula is C11H13NO4. The van der Waals surface area contributed by atoms with Crippen molar-refractivity contribution in [2.24, 2.45) is 5.73 Å². The summed E-state index contributed by atoms with van der Waals surface area (Å²) in [6.07, 6.45) is 0.166. The maximum Gasteiger partial charge on any atom is 0.325 e. The molecule has 0 spiro atoms. The zero-order valence-corrected chi connectivity index (χ0v) is 8.84. The number of esters is 1. The van der Waals surface area contributed by atoms with Crippen molar-refractivity contribution < 1.29 is 19.4 Å². The average Bonchev–Trinajstić information content (AvgIpc) is 2.28. The third-order valence-corrected chi connectivity index (χ3v) is 2.18. The van der Waals surface area contributed by atoms with E-state index >= 15 is 0 Å². The van der Waals surface area contributed by atoms with E-state index in [0.717, 1.165) is 5.56 Å². The van der Waals surface area contributed by atoms with E-state index < -0.39 is 12.0 Å². The molecule has 0 aliphatic heterocycles. The lowest BCUT2D eigenvalue weighted by Gasteiger charge is -2.07. The summed E-state index contributed by atoms with van der Waals surface area (Å²) in [5.41, 5.74) is 6.68. The molecule has 1 rings (SSSR count). The van der Waals surface area contributed by atoms with Crippen LogP contribution in [0.2, 0.25) is 0 Å². The Morgan fingerprint density at radius 1 is 1.38 bits per heavy atom. The van der Waals surface area contributed by atoms with Gasteiger partial charge in [0.05, 0.1) is 13.5 Å². The number of carbonyl (C=O) groups is 2. The van der Waals surface area contributed by atoms with Crippen LogP contribution in [0, 0.1) is 0 Å². The molecule has 3 N–H and O–H groups in total. The van der Waals surface area contributed by atoms with Crippen molar-refractivity contribution in [3.05, 3.63) is 35.4 Å². The van der Waals surface area contributed by atoms with E-state index in [0.29, 0.717) is 5.56 Å². The van der Waals surface area contributed by atoms with Crippen LogP contribution in [-0.4, -0.2) is 24.2 Å². The van der Waals surface area contributed by atoms with Gasteiger partial charge in [-0.3, -0.25) is 9.59 Å². The molecule has 0 saturated carbocycles. The fourth-order valence-corrected chi connectivity index (χ4v) is 1.22. The van der Waals surface area contributed by atoms with E-state index in [1.807, 2.05) is 0 Å².